The zero-order valence-electron chi connectivity index (χ0n) is 9.32. The third-order valence-corrected chi connectivity index (χ3v) is 2.96. The van der Waals surface area contributed by atoms with Crippen LogP contribution in [0.3, 0.4) is 0 Å². The Morgan fingerprint density at radius 2 is 2.19 bits per heavy atom. The molecule has 1 aliphatic carbocycles. The van der Waals surface area contributed by atoms with Crippen molar-refractivity contribution in [3.05, 3.63) is 0 Å². The second-order valence-electron chi connectivity index (χ2n) is 4.50. The highest BCUT2D eigenvalue weighted by molar-refractivity contribution is 5.84. The predicted molar refractivity (Wildman–Crippen MR) is 58.2 cm³/mol. The van der Waals surface area contributed by atoms with E-state index in [9.17, 15) is 9.59 Å². The van der Waals surface area contributed by atoms with Gasteiger partial charge >= 0.3 is 6.03 Å². The normalized spacial score (nSPS) is 21.2. The van der Waals surface area contributed by atoms with E-state index in [-0.39, 0.29) is 18.5 Å². The first-order chi connectivity index (χ1) is 7.66. The molecule has 0 spiro atoms. The zero-order chi connectivity index (χ0) is 11.5. The number of nitrogens with zero attached hydrogens (tertiary/aromatic N) is 2. The molecule has 6 heteroatoms. The highest BCUT2D eigenvalue weighted by atomic mass is 16.2. The number of hydrazine groups is 1. The summed E-state index contributed by atoms with van der Waals surface area (Å²) in [5, 5.41) is 4.00. The molecule has 0 unspecified atom stereocenters. The van der Waals surface area contributed by atoms with Crippen LogP contribution in [0, 0.1) is 5.92 Å². The molecule has 1 saturated carbocycles. The van der Waals surface area contributed by atoms with Crippen molar-refractivity contribution in [2.45, 2.75) is 19.3 Å². The van der Waals surface area contributed by atoms with Crippen LogP contribution < -0.4 is 11.2 Å². The van der Waals surface area contributed by atoms with Gasteiger partial charge in [0.2, 0.25) is 5.91 Å². The molecule has 0 bridgehead atoms. The average molecular weight is 226 g/mol. The Morgan fingerprint density at radius 3 is 2.88 bits per heavy atom. The van der Waals surface area contributed by atoms with E-state index in [1.165, 1.54) is 17.7 Å². The van der Waals surface area contributed by atoms with Gasteiger partial charge < -0.3 is 10.2 Å². The van der Waals surface area contributed by atoms with Gasteiger partial charge in [0.1, 0.15) is 6.54 Å². The van der Waals surface area contributed by atoms with Crippen molar-refractivity contribution in [1.82, 2.24) is 15.2 Å². The van der Waals surface area contributed by atoms with Crippen LogP contribution in [0.4, 0.5) is 4.79 Å². The molecule has 0 aromatic heterocycles. The molecule has 0 radical (unpaired) electrons. The van der Waals surface area contributed by atoms with Crippen molar-refractivity contribution in [3.63, 3.8) is 0 Å². The molecule has 6 nitrogen and oxygen atoms in total. The summed E-state index contributed by atoms with van der Waals surface area (Å²) in [6, 6.07) is -0.257. The van der Waals surface area contributed by atoms with Crippen LogP contribution in [0.2, 0.25) is 0 Å². The molecule has 2 fully saturated rings. The first-order valence-electron chi connectivity index (χ1n) is 5.74. The molecule has 1 saturated heterocycles. The molecule has 3 amide bonds. The van der Waals surface area contributed by atoms with E-state index in [0.29, 0.717) is 19.0 Å². The summed E-state index contributed by atoms with van der Waals surface area (Å²) in [7, 11) is 0. The van der Waals surface area contributed by atoms with Gasteiger partial charge in [0.05, 0.1) is 0 Å². The summed E-state index contributed by atoms with van der Waals surface area (Å²) in [6.45, 7) is 2.05. The van der Waals surface area contributed by atoms with Gasteiger partial charge in [-0.25, -0.2) is 10.6 Å². The van der Waals surface area contributed by atoms with Crippen LogP contribution in [0.1, 0.15) is 19.3 Å². The molecule has 0 atom stereocenters. The fraction of sp³-hybridized carbons (Fsp3) is 0.800. The second-order valence-corrected chi connectivity index (χ2v) is 4.50. The van der Waals surface area contributed by atoms with Gasteiger partial charge in [-0.05, 0) is 25.2 Å². The number of carbonyl (C=O) groups is 2. The molecule has 0 aromatic rings. The van der Waals surface area contributed by atoms with Crippen molar-refractivity contribution in [2.75, 3.05) is 26.2 Å². The number of rotatable bonds is 4. The summed E-state index contributed by atoms with van der Waals surface area (Å²) in [6.07, 6.45) is 3.23. The van der Waals surface area contributed by atoms with Crippen molar-refractivity contribution in [1.29, 1.82) is 0 Å². The summed E-state index contributed by atoms with van der Waals surface area (Å²) >= 11 is 0. The Balaban J connectivity index is 1.73. The van der Waals surface area contributed by atoms with Crippen molar-refractivity contribution >= 4 is 11.9 Å². The number of carbonyl (C=O) groups excluding carboxylic acids is 2. The minimum Gasteiger partial charge on any atom is -0.354 e. The number of hydrogen-bond donors (Lipinski definition) is 2. The van der Waals surface area contributed by atoms with E-state index in [4.69, 9.17) is 5.84 Å². The highest BCUT2D eigenvalue weighted by Gasteiger charge is 2.26. The molecular weight excluding hydrogens is 208 g/mol. The van der Waals surface area contributed by atoms with Crippen LogP contribution in [-0.4, -0.2) is 48.0 Å². The van der Waals surface area contributed by atoms with Crippen LogP contribution in [-0.2, 0) is 4.79 Å². The van der Waals surface area contributed by atoms with Gasteiger partial charge in [-0.2, -0.15) is 0 Å². The van der Waals surface area contributed by atoms with Gasteiger partial charge in [-0.15, -0.1) is 0 Å². The number of amides is 3. The number of hydrogen-bond acceptors (Lipinski definition) is 3. The molecule has 2 rings (SSSR count). The SMILES string of the molecule is NN1CCCN(CC(=O)NCC2CC2)C1=O. The molecule has 16 heavy (non-hydrogen) atoms. The van der Waals surface area contributed by atoms with Gasteiger partial charge in [-0.1, -0.05) is 0 Å². The number of nitrogens with one attached hydrogen (secondary N) is 1. The van der Waals surface area contributed by atoms with Crippen molar-refractivity contribution < 1.29 is 9.59 Å². The van der Waals surface area contributed by atoms with Crippen molar-refractivity contribution in [3.8, 4) is 0 Å². The smallest absolute Gasteiger partial charge is 0.334 e. The van der Waals surface area contributed by atoms with Gasteiger partial charge in [-0.3, -0.25) is 9.80 Å². The van der Waals surface area contributed by atoms with E-state index in [1.54, 1.807) is 0 Å². The third-order valence-electron chi connectivity index (χ3n) is 2.96. The lowest BCUT2D eigenvalue weighted by molar-refractivity contribution is -0.122. The fourth-order valence-electron chi connectivity index (χ4n) is 1.76. The standard InChI is InChI=1S/C10H18N4O2/c11-14-5-1-4-13(10(14)16)7-9(15)12-6-8-2-3-8/h8H,1-7,11H2,(H,12,15). The topological polar surface area (TPSA) is 78.7 Å². The Hall–Kier alpha value is -1.30. The molecule has 0 aromatic carbocycles. The maximum absolute atomic E-state index is 11.6. The van der Waals surface area contributed by atoms with Crippen LogP contribution in [0.15, 0.2) is 0 Å². The summed E-state index contributed by atoms with van der Waals surface area (Å²) in [4.78, 5) is 24.6. The number of nitrogens with two attached hydrogens (primary N) is 1. The largest absolute Gasteiger partial charge is 0.354 e. The van der Waals surface area contributed by atoms with Crippen LogP contribution in [0.5, 0.6) is 0 Å². The van der Waals surface area contributed by atoms with E-state index in [1.807, 2.05) is 0 Å². The van der Waals surface area contributed by atoms with Gasteiger partial charge in [0.25, 0.3) is 0 Å². The van der Waals surface area contributed by atoms with Crippen LogP contribution in [0.25, 0.3) is 0 Å². The fourth-order valence-corrected chi connectivity index (χ4v) is 1.76. The molecule has 3 N–H and O–H groups in total. The Bertz CT molecular complexity index is 291. The Morgan fingerprint density at radius 1 is 1.44 bits per heavy atom. The second kappa shape index (κ2) is 4.69. The Labute approximate surface area is 94.7 Å². The molecule has 1 heterocycles. The number of urea groups is 1. The lowest BCUT2D eigenvalue weighted by atomic mass is 10.3. The predicted octanol–water partition coefficient (Wildman–Crippen LogP) is -0.486. The lowest BCUT2D eigenvalue weighted by Crippen LogP contribution is -2.54. The minimum absolute atomic E-state index is 0.0875. The molecule has 1 aliphatic heterocycles. The minimum atomic E-state index is -0.257. The van der Waals surface area contributed by atoms with Gasteiger partial charge in [0.15, 0.2) is 0 Å². The van der Waals surface area contributed by atoms with E-state index < -0.39 is 0 Å². The molecular formula is C10H18N4O2. The Kier molecular flexibility index (Phi) is 3.28. The zero-order valence-corrected chi connectivity index (χ0v) is 9.32. The monoisotopic (exact) mass is 226 g/mol. The highest BCUT2D eigenvalue weighted by Crippen LogP contribution is 2.27. The maximum atomic E-state index is 11.6. The summed E-state index contributed by atoms with van der Waals surface area (Å²) in [5.74, 6) is 6.06. The summed E-state index contributed by atoms with van der Waals surface area (Å²) in [5.41, 5.74) is 0. The summed E-state index contributed by atoms with van der Waals surface area (Å²) < 4.78 is 0. The van der Waals surface area contributed by atoms with Gasteiger partial charge in [0, 0.05) is 19.6 Å². The third kappa shape index (κ3) is 2.85. The van der Waals surface area contributed by atoms with E-state index >= 15 is 0 Å². The molecule has 2 aliphatic rings. The van der Waals surface area contributed by atoms with E-state index in [2.05, 4.69) is 5.32 Å². The maximum Gasteiger partial charge on any atom is 0.334 e. The van der Waals surface area contributed by atoms with Crippen molar-refractivity contribution in [2.24, 2.45) is 11.8 Å². The lowest BCUT2D eigenvalue weighted by Gasteiger charge is -2.32. The van der Waals surface area contributed by atoms with Crippen LogP contribution >= 0.6 is 0 Å². The quantitative estimate of drug-likeness (QED) is 0.501. The molecule has 90 valence electrons. The average Bonchev–Trinajstić information content (AvgIpc) is 3.06. The first kappa shape index (κ1) is 11.2. The van der Waals surface area contributed by atoms with E-state index in [0.717, 1.165) is 18.0 Å². The first-order valence-corrected chi connectivity index (χ1v) is 5.74.